The number of nitrogens with two attached hydrogens (primary N) is 1. The Morgan fingerprint density at radius 1 is 1.36 bits per heavy atom. The molecular weight excluding hydrogens is 142 g/mol. The average Bonchev–Trinajstić information content (AvgIpc) is 1.85. The number of hydrogen-bond acceptors (Lipinski definition) is 2. The number of aldehydes is 1. The van der Waals surface area contributed by atoms with E-state index in [-0.39, 0.29) is 23.7 Å². The van der Waals surface area contributed by atoms with E-state index in [4.69, 9.17) is 5.73 Å². The Kier molecular flexibility index (Phi) is 3.79. The molecule has 0 bridgehead atoms. The molecule has 1 amide bonds. The van der Waals surface area contributed by atoms with Gasteiger partial charge in [-0.1, -0.05) is 20.8 Å². The first kappa shape index (κ1) is 10.1. The van der Waals surface area contributed by atoms with Gasteiger partial charge in [-0.2, -0.15) is 0 Å². The van der Waals surface area contributed by atoms with Gasteiger partial charge in [0.1, 0.15) is 6.29 Å². The van der Waals surface area contributed by atoms with Crippen molar-refractivity contribution in [1.29, 1.82) is 0 Å². The van der Waals surface area contributed by atoms with Crippen molar-refractivity contribution >= 4 is 12.2 Å². The molecule has 11 heavy (non-hydrogen) atoms. The number of hydrogen-bond donors (Lipinski definition) is 1. The summed E-state index contributed by atoms with van der Waals surface area (Å²) in [5.41, 5.74) is 5.12. The molecule has 3 nitrogen and oxygen atoms in total. The predicted octanol–water partition coefficient (Wildman–Crippen LogP) is 0.579. The topological polar surface area (TPSA) is 60.2 Å². The molecule has 64 valence electrons. The molecule has 0 aliphatic carbocycles. The Morgan fingerprint density at radius 2 is 1.82 bits per heavy atom. The van der Waals surface area contributed by atoms with Crippen molar-refractivity contribution in [3.8, 4) is 0 Å². The zero-order valence-corrected chi connectivity index (χ0v) is 7.20. The van der Waals surface area contributed by atoms with E-state index < -0.39 is 0 Å². The zero-order chi connectivity index (χ0) is 9.02. The number of carbonyl (C=O) groups is 2. The Balaban J connectivity index is 4.33. The van der Waals surface area contributed by atoms with Gasteiger partial charge in [0.15, 0.2) is 0 Å². The van der Waals surface area contributed by atoms with Gasteiger partial charge < -0.3 is 10.5 Å². The van der Waals surface area contributed by atoms with E-state index in [0.717, 1.165) is 6.29 Å². The van der Waals surface area contributed by atoms with Crippen LogP contribution in [0.15, 0.2) is 0 Å². The number of amides is 1. The van der Waals surface area contributed by atoms with Gasteiger partial charge in [0.25, 0.3) is 0 Å². The van der Waals surface area contributed by atoms with Crippen LogP contribution < -0.4 is 5.73 Å². The van der Waals surface area contributed by atoms with E-state index in [2.05, 4.69) is 0 Å². The number of carbonyl (C=O) groups excluding carboxylic acids is 2. The van der Waals surface area contributed by atoms with Crippen LogP contribution in [-0.4, -0.2) is 12.2 Å². The van der Waals surface area contributed by atoms with Crippen LogP contribution in [0.4, 0.5) is 0 Å². The fourth-order valence-electron chi connectivity index (χ4n) is 1.28. The highest BCUT2D eigenvalue weighted by Gasteiger charge is 2.25. The second kappa shape index (κ2) is 4.11. The van der Waals surface area contributed by atoms with E-state index in [1.54, 1.807) is 6.92 Å². The Bertz CT molecular complexity index is 154. The molecule has 0 saturated carbocycles. The predicted molar refractivity (Wildman–Crippen MR) is 42.8 cm³/mol. The van der Waals surface area contributed by atoms with Crippen molar-refractivity contribution in [3.05, 3.63) is 0 Å². The van der Waals surface area contributed by atoms with Gasteiger partial charge in [-0.3, -0.25) is 4.79 Å². The maximum absolute atomic E-state index is 10.8. The van der Waals surface area contributed by atoms with Crippen molar-refractivity contribution in [2.75, 3.05) is 0 Å². The Morgan fingerprint density at radius 3 is 1.91 bits per heavy atom. The van der Waals surface area contributed by atoms with E-state index in [1.807, 2.05) is 13.8 Å². The monoisotopic (exact) mass is 157 g/mol. The SMILES string of the molecule is CC(C)C(C(N)=O)C(C)C=O. The highest BCUT2D eigenvalue weighted by molar-refractivity contribution is 5.80. The molecule has 3 heteroatoms. The average molecular weight is 157 g/mol. The molecule has 0 aromatic rings. The molecule has 2 unspecified atom stereocenters. The Labute approximate surface area is 67.0 Å². The summed E-state index contributed by atoms with van der Waals surface area (Å²) in [6, 6.07) is 0. The summed E-state index contributed by atoms with van der Waals surface area (Å²) in [7, 11) is 0. The Hall–Kier alpha value is -0.860. The fourth-order valence-corrected chi connectivity index (χ4v) is 1.28. The summed E-state index contributed by atoms with van der Waals surface area (Å²) in [6.45, 7) is 5.48. The molecule has 0 aromatic carbocycles. The minimum atomic E-state index is -0.389. The van der Waals surface area contributed by atoms with Gasteiger partial charge in [-0.05, 0) is 5.92 Å². The molecule has 0 rings (SSSR count). The zero-order valence-electron chi connectivity index (χ0n) is 7.20. The molecule has 0 saturated heterocycles. The third-order valence-corrected chi connectivity index (χ3v) is 1.83. The second-order valence-electron chi connectivity index (χ2n) is 3.17. The van der Waals surface area contributed by atoms with Crippen LogP contribution in [0.25, 0.3) is 0 Å². The van der Waals surface area contributed by atoms with Crippen LogP contribution in [0.2, 0.25) is 0 Å². The lowest BCUT2D eigenvalue weighted by atomic mass is 9.85. The quantitative estimate of drug-likeness (QED) is 0.607. The molecule has 0 spiro atoms. The largest absolute Gasteiger partial charge is 0.369 e. The van der Waals surface area contributed by atoms with Crippen LogP contribution in [0, 0.1) is 17.8 Å². The van der Waals surface area contributed by atoms with Crippen LogP contribution in [0.1, 0.15) is 20.8 Å². The van der Waals surface area contributed by atoms with Crippen LogP contribution in [0.3, 0.4) is 0 Å². The highest BCUT2D eigenvalue weighted by Crippen LogP contribution is 2.18. The van der Waals surface area contributed by atoms with Crippen molar-refractivity contribution in [3.63, 3.8) is 0 Å². The summed E-state index contributed by atoms with van der Waals surface area (Å²) < 4.78 is 0. The summed E-state index contributed by atoms with van der Waals surface area (Å²) in [6.07, 6.45) is 0.773. The number of rotatable bonds is 4. The van der Waals surface area contributed by atoms with Gasteiger partial charge in [0.2, 0.25) is 5.91 Å². The van der Waals surface area contributed by atoms with Gasteiger partial charge >= 0.3 is 0 Å². The van der Waals surface area contributed by atoms with Crippen LogP contribution in [0.5, 0.6) is 0 Å². The molecule has 0 aromatic heterocycles. The summed E-state index contributed by atoms with van der Waals surface area (Å²) in [5, 5.41) is 0. The van der Waals surface area contributed by atoms with E-state index in [9.17, 15) is 9.59 Å². The van der Waals surface area contributed by atoms with Crippen molar-refractivity contribution in [2.24, 2.45) is 23.5 Å². The van der Waals surface area contributed by atoms with Crippen molar-refractivity contribution in [1.82, 2.24) is 0 Å². The second-order valence-corrected chi connectivity index (χ2v) is 3.17. The fraction of sp³-hybridized carbons (Fsp3) is 0.750. The lowest BCUT2D eigenvalue weighted by molar-refractivity contribution is -0.128. The molecule has 0 heterocycles. The summed E-state index contributed by atoms with van der Waals surface area (Å²) in [4.78, 5) is 21.2. The maximum atomic E-state index is 10.8. The molecular formula is C8H15NO2. The molecule has 2 atom stereocenters. The minimum Gasteiger partial charge on any atom is -0.369 e. The van der Waals surface area contributed by atoms with Gasteiger partial charge in [0, 0.05) is 11.8 Å². The summed E-state index contributed by atoms with van der Waals surface area (Å²) >= 11 is 0. The van der Waals surface area contributed by atoms with E-state index >= 15 is 0 Å². The van der Waals surface area contributed by atoms with Crippen molar-refractivity contribution < 1.29 is 9.59 Å². The van der Waals surface area contributed by atoms with E-state index in [1.165, 1.54) is 0 Å². The standard InChI is InChI=1S/C8H15NO2/c1-5(2)7(8(9)11)6(3)4-10/h4-7H,1-3H3,(H2,9,11). The smallest absolute Gasteiger partial charge is 0.221 e. The lowest BCUT2D eigenvalue weighted by Gasteiger charge is -2.19. The van der Waals surface area contributed by atoms with Crippen molar-refractivity contribution in [2.45, 2.75) is 20.8 Å². The third kappa shape index (κ3) is 2.70. The normalized spacial score (nSPS) is 16.0. The first-order valence-electron chi connectivity index (χ1n) is 3.75. The van der Waals surface area contributed by atoms with Gasteiger partial charge in [0.05, 0.1) is 0 Å². The third-order valence-electron chi connectivity index (χ3n) is 1.83. The molecule has 0 aliphatic heterocycles. The van der Waals surface area contributed by atoms with Crippen LogP contribution >= 0.6 is 0 Å². The lowest BCUT2D eigenvalue weighted by Crippen LogP contribution is -2.33. The van der Waals surface area contributed by atoms with Gasteiger partial charge in [-0.15, -0.1) is 0 Å². The molecule has 0 radical (unpaired) electrons. The molecule has 0 fully saturated rings. The van der Waals surface area contributed by atoms with Crippen LogP contribution in [-0.2, 0) is 9.59 Å². The molecule has 0 aliphatic rings. The minimum absolute atomic E-state index is 0.132. The number of primary amides is 1. The first-order valence-corrected chi connectivity index (χ1v) is 3.75. The molecule has 2 N–H and O–H groups in total. The summed E-state index contributed by atoms with van der Waals surface area (Å²) in [5.74, 6) is -0.854. The maximum Gasteiger partial charge on any atom is 0.221 e. The first-order chi connectivity index (χ1) is 5.00. The highest BCUT2D eigenvalue weighted by atomic mass is 16.1. The van der Waals surface area contributed by atoms with Gasteiger partial charge in [-0.25, -0.2) is 0 Å². The van der Waals surface area contributed by atoms with E-state index in [0.29, 0.717) is 0 Å².